The number of oxazole rings is 1. The summed E-state index contributed by atoms with van der Waals surface area (Å²) >= 11 is 0. The average molecular weight is 481 g/mol. The van der Waals surface area contributed by atoms with Crippen molar-refractivity contribution in [3.63, 3.8) is 0 Å². The summed E-state index contributed by atoms with van der Waals surface area (Å²) in [5.74, 6) is -1.07. The van der Waals surface area contributed by atoms with Gasteiger partial charge in [-0.05, 0) is 48.9 Å². The van der Waals surface area contributed by atoms with Gasteiger partial charge in [-0.3, -0.25) is 4.79 Å². The molecule has 3 aromatic rings. The Morgan fingerprint density at radius 2 is 1.91 bits per heavy atom. The number of fused-ring (bicyclic) bond motifs is 1. The van der Waals surface area contributed by atoms with Crippen LogP contribution in [0.4, 0.5) is 0 Å². The number of para-hydroxylation sites is 1. The molecule has 4 heterocycles. The quantitative estimate of drug-likeness (QED) is 0.464. The van der Waals surface area contributed by atoms with E-state index in [-0.39, 0.29) is 41.3 Å². The van der Waals surface area contributed by atoms with Crippen molar-refractivity contribution in [2.24, 2.45) is 17.8 Å². The van der Waals surface area contributed by atoms with Gasteiger partial charge in [-0.15, -0.1) is 0 Å². The number of ketones is 1. The van der Waals surface area contributed by atoms with Crippen LogP contribution in [0.3, 0.4) is 0 Å². The molecule has 0 aliphatic carbocycles. The number of rotatable bonds is 6. The molecule has 186 valence electrons. The zero-order valence-corrected chi connectivity index (χ0v) is 20.3. The van der Waals surface area contributed by atoms with E-state index in [0.29, 0.717) is 29.1 Å². The fourth-order valence-electron chi connectivity index (χ4n) is 5.53. The predicted molar refractivity (Wildman–Crippen MR) is 128 cm³/mol. The van der Waals surface area contributed by atoms with E-state index in [4.69, 9.17) is 13.9 Å². The number of carbonyl (C=O) groups excluding carboxylic acids is 1. The van der Waals surface area contributed by atoms with Crippen LogP contribution >= 0.6 is 0 Å². The number of hydrogen-bond donors (Lipinski definition) is 2. The van der Waals surface area contributed by atoms with Crippen molar-refractivity contribution in [2.75, 3.05) is 0 Å². The number of ether oxygens (including phenoxy) is 2. The standard InChI is InChI=1S/C27H32N2O6/c1-15-9-11-27(12-10-16(2)25(35-27)17(3)24(30)19-7-5-13-28-19)34-21(15)14-22-29-23-18(26(31)32)6-4-8-20(23)33-22/h4-8,13,15-17,21,25,28H,9-12,14H2,1-3H3,(H,31,32)/t15-,16-,17+,21-,25+,27+/m0/s1. The molecule has 6 atom stereocenters. The number of carboxylic acids is 1. The van der Waals surface area contributed by atoms with E-state index in [1.807, 2.05) is 13.0 Å². The van der Waals surface area contributed by atoms with Gasteiger partial charge in [0, 0.05) is 25.0 Å². The SMILES string of the molecule is C[C@H](C(=O)c1ccc[nH]1)[C@@H]1O[C@@]2(CC[C@@H]1C)CC[C@H](C)[C@H](Cc1nc3c(C(=O)O)cccc3o1)O2. The van der Waals surface area contributed by atoms with Gasteiger partial charge in [0.2, 0.25) is 0 Å². The Kier molecular flexibility index (Phi) is 6.27. The lowest BCUT2D eigenvalue weighted by atomic mass is 9.80. The number of hydrogen-bond acceptors (Lipinski definition) is 6. The number of aromatic carboxylic acids is 1. The lowest BCUT2D eigenvalue weighted by molar-refractivity contribution is -0.334. The normalized spacial score (nSPS) is 29.9. The second-order valence-electron chi connectivity index (χ2n) is 10.2. The van der Waals surface area contributed by atoms with Crippen molar-refractivity contribution in [3.05, 3.63) is 53.7 Å². The highest BCUT2D eigenvalue weighted by molar-refractivity contribution is 6.00. The Labute approximate surface area is 204 Å². The van der Waals surface area contributed by atoms with E-state index < -0.39 is 11.8 Å². The number of aromatic nitrogens is 2. The number of carboxylic acid groups (broad SMARTS) is 1. The molecule has 8 heteroatoms. The minimum Gasteiger partial charge on any atom is -0.478 e. The monoisotopic (exact) mass is 480 g/mol. The minimum absolute atomic E-state index is 0.0466. The molecule has 8 nitrogen and oxygen atoms in total. The molecule has 5 rings (SSSR count). The van der Waals surface area contributed by atoms with E-state index in [2.05, 4.69) is 23.8 Å². The number of carbonyl (C=O) groups is 2. The fraction of sp³-hybridized carbons (Fsp3) is 0.519. The topological polar surface area (TPSA) is 115 Å². The lowest BCUT2D eigenvalue weighted by Gasteiger charge is -2.50. The summed E-state index contributed by atoms with van der Waals surface area (Å²) in [5.41, 5.74) is 1.53. The number of nitrogens with one attached hydrogen (secondary N) is 1. The first-order chi connectivity index (χ1) is 16.8. The maximum Gasteiger partial charge on any atom is 0.338 e. The average Bonchev–Trinajstić information content (AvgIpc) is 3.52. The minimum atomic E-state index is -1.03. The summed E-state index contributed by atoms with van der Waals surface area (Å²) in [5, 5.41) is 9.46. The van der Waals surface area contributed by atoms with Crippen molar-refractivity contribution < 1.29 is 28.6 Å². The molecule has 2 saturated heterocycles. The molecule has 1 aromatic carbocycles. The number of benzene rings is 1. The Bertz CT molecular complexity index is 1210. The van der Waals surface area contributed by atoms with E-state index in [1.54, 1.807) is 24.4 Å². The fourth-order valence-corrected chi connectivity index (χ4v) is 5.53. The summed E-state index contributed by atoms with van der Waals surface area (Å²) < 4.78 is 19.2. The zero-order chi connectivity index (χ0) is 24.7. The van der Waals surface area contributed by atoms with Crippen molar-refractivity contribution >= 4 is 22.9 Å². The van der Waals surface area contributed by atoms with Gasteiger partial charge in [-0.2, -0.15) is 0 Å². The summed E-state index contributed by atoms with van der Waals surface area (Å²) in [6.07, 6.45) is 5.14. The van der Waals surface area contributed by atoms with Crippen LogP contribution in [0.25, 0.3) is 11.1 Å². The van der Waals surface area contributed by atoms with Crippen molar-refractivity contribution in [1.29, 1.82) is 0 Å². The van der Waals surface area contributed by atoms with Gasteiger partial charge in [0.05, 0.1) is 29.9 Å². The Hall–Kier alpha value is -2.97. The van der Waals surface area contributed by atoms with Crippen LogP contribution in [-0.4, -0.2) is 44.8 Å². The van der Waals surface area contributed by atoms with Crippen LogP contribution in [0, 0.1) is 17.8 Å². The van der Waals surface area contributed by atoms with E-state index in [1.165, 1.54) is 6.07 Å². The number of aromatic amines is 1. The van der Waals surface area contributed by atoms with Gasteiger partial charge >= 0.3 is 5.97 Å². The molecule has 1 spiro atoms. The number of H-pyrrole nitrogens is 1. The summed E-state index contributed by atoms with van der Waals surface area (Å²) in [7, 11) is 0. The molecule has 0 amide bonds. The smallest absolute Gasteiger partial charge is 0.338 e. The van der Waals surface area contributed by atoms with Crippen molar-refractivity contribution in [3.8, 4) is 0 Å². The predicted octanol–water partition coefficient (Wildman–Crippen LogP) is 5.24. The lowest BCUT2D eigenvalue weighted by Crippen LogP contribution is -2.54. The maximum absolute atomic E-state index is 13.0. The van der Waals surface area contributed by atoms with Gasteiger partial charge in [-0.25, -0.2) is 9.78 Å². The first-order valence-corrected chi connectivity index (χ1v) is 12.4. The van der Waals surface area contributed by atoms with Crippen LogP contribution in [0.1, 0.15) is 73.2 Å². The van der Waals surface area contributed by atoms with E-state index in [9.17, 15) is 14.7 Å². The maximum atomic E-state index is 13.0. The highest BCUT2D eigenvalue weighted by atomic mass is 16.7. The van der Waals surface area contributed by atoms with Gasteiger partial charge in [0.1, 0.15) is 5.52 Å². The Balaban J connectivity index is 1.34. The van der Waals surface area contributed by atoms with Crippen molar-refractivity contribution in [2.45, 2.75) is 70.9 Å². The third-order valence-corrected chi connectivity index (χ3v) is 7.71. The first-order valence-electron chi connectivity index (χ1n) is 12.4. The summed E-state index contributed by atoms with van der Waals surface area (Å²) in [6, 6.07) is 8.53. The second kappa shape index (κ2) is 9.24. The molecule has 2 aromatic heterocycles. The molecule has 2 N–H and O–H groups in total. The largest absolute Gasteiger partial charge is 0.478 e. The molecule has 0 saturated carbocycles. The highest BCUT2D eigenvalue weighted by Crippen LogP contribution is 2.45. The van der Waals surface area contributed by atoms with Crippen LogP contribution in [0.2, 0.25) is 0 Å². The summed E-state index contributed by atoms with van der Waals surface area (Å²) in [4.78, 5) is 32.1. The van der Waals surface area contributed by atoms with Gasteiger partial charge in [0.25, 0.3) is 0 Å². The molecule has 35 heavy (non-hydrogen) atoms. The zero-order valence-electron chi connectivity index (χ0n) is 20.3. The van der Waals surface area contributed by atoms with E-state index in [0.717, 1.165) is 25.7 Å². The van der Waals surface area contributed by atoms with Gasteiger partial charge in [-0.1, -0.05) is 26.8 Å². The number of Topliss-reactive ketones (excluding diaryl/α,β-unsaturated/α-hetero) is 1. The third kappa shape index (κ3) is 4.52. The second-order valence-corrected chi connectivity index (χ2v) is 10.2. The summed E-state index contributed by atoms with van der Waals surface area (Å²) in [6.45, 7) is 6.21. The van der Waals surface area contributed by atoms with E-state index >= 15 is 0 Å². The van der Waals surface area contributed by atoms with Gasteiger partial charge < -0.3 is 24.0 Å². The molecular formula is C27H32N2O6. The molecule has 2 aliphatic rings. The van der Waals surface area contributed by atoms with Crippen LogP contribution in [0.5, 0.6) is 0 Å². The molecule has 0 bridgehead atoms. The van der Waals surface area contributed by atoms with Crippen LogP contribution in [0.15, 0.2) is 40.9 Å². The van der Waals surface area contributed by atoms with Gasteiger partial charge in [0.15, 0.2) is 23.0 Å². The highest BCUT2D eigenvalue weighted by Gasteiger charge is 2.48. The molecular weight excluding hydrogens is 448 g/mol. The number of nitrogens with zero attached hydrogens (tertiary/aromatic N) is 1. The molecule has 0 unspecified atom stereocenters. The molecule has 2 aliphatic heterocycles. The third-order valence-electron chi connectivity index (χ3n) is 7.71. The van der Waals surface area contributed by atoms with Crippen LogP contribution < -0.4 is 0 Å². The molecule has 0 radical (unpaired) electrons. The first kappa shape index (κ1) is 23.8. The van der Waals surface area contributed by atoms with Crippen LogP contribution in [-0.2, 0) is 15.9 Å². The Morgan fingerprint density at radius 3 is 2.63 bits per heavy atom. The Morgan fingerprint density at radius 1 is 1.14 bits per heavy atom. The molecule has 2 fully saturated rings. The van der Waals surface area contributed by atoms with Crippen molar-refractivity contribution in [1.82, 2.24) is 9.97 Å².